The van der Waals surface area contributed by atoms with Crippen LogP contribution >= 0.6 is 0 Å². The number of hydrogen-bond acceptors (Lipinski definition) is 4. The number of amides is 1. The number of aryl methyl sites for hydroxylation is 1. The van der Waals surface area contributed by atoms with Gasteiger partial charge in [-0.25, -0.2) is 8.42 Å². The summed E-state index contributed by atoms with van der Waals surface area (Å²) in [5.41, 5.74) is 0.885. The molecule has 0 aromatic heterocycles. The Morgan fingerprint density at radius 1 is 1.00 bits per heavy atom. The van der Waals surface area contributed by atoms with Crippen molar-refractivity contribution in [3.8, 4) is 5.75 Å². The molecule has 186 valence electrons. The number of hydrogen-bond donors (Lipinski definition) is 1. The Morgan fingerprint density at radius 3 is 2.31 bits per heavy atom. The van der Waals surface area contributed by atoms with Crippen molar-refractivity contribution in [1.82, 2.24) is 5.32 Å². The third-order valence-corrected chi connectivity index (χ3v) is 6.19. The zero-order valence-corrected chi connectivity index (χ0v) is 20.0. The number of carbonyl (C=O) groups excluding carboxylic acids is 1. The number of nitrogens with zero attached hydrogens (tertiary/aromatic N) is 1. The lowest BCUT2D eigenvalue weighted by molar-refractivity contribution is -0.137. The lowest BCUT2D eigenvalue weighted by Gasteiger charge is -2.23. The SMILES string of the molecule is Cc1cccc(OCCNC(=O)c2ccc(CN(c3cccc(C(F)(F)F)c3)S(C)(=O)=O)cc2)c1. The van der Waals surface area contributed by atoms with Gasteiger partial charge in [0.1, 0.15) is 12.4 Å². The molecule has 0 fully saturated rings. The highest BCUT2D eigenvalue weighted by molar-refractivity contribution is 7.92. The standard InChI is InChI=1S/C25H25F3N2O4S/c1-18-5-3-8-23(15-18)34-14-13-29-24(31)20-11-9-19(10-12-20)17-30(35(2,32)33)22-7-4-6-21(16-22)25(26,27)28/h3-12,15-16H,13-14,17H2,1-2H3,(H,29,31). The van der Waals surface area contributed by atoms with Gasteiger partial charge in [-0.05, 0) is 60.5 Å². The minimum absolute atomic E-state index is 0.0993. The monoisotopic (exact) mass is 506 g/mol. The highest BCUT2D eigenvalue weighted by atomic mass is 32.2. The Balaban J connectivity index is 1.63. The van der Waals surface area contributed by atoms with Gasteiger partial charge >= 0.3 is 6.18 Å². The maximum absolute atomic E-state index is 13.1. The van der Waals surface area contributed by atoms with E-state index in [0.29, 0.717) is 16.9 Å². The second kappa shape index (κ2) is 10.8. The van der Waals surface area contributed by atoms with Gasteiger partial charge < -0.3 is 10.1 Å². The van der Waals surface area contributed by atoms with E-state index in [4.69, 9.17) is 4.74 Å². The van der Waals surface area contributed by atoms with Crippen molar-refractivity contribution in [2.75, 3.05) is 23.7 Å². The van der Waals surface area contributed by atoms with Crippen LogP contribution in [0.5, 0.6) is 5.75 Å². The fraction of sp³-hybridized carbons (Fsp3) is 0.240. The van der Waals surface area contributed by atoms with E-state index >= 15 is 0 Å². The van der Waals surface area contributed by atoms with Gasteiger partial charge in [0.15, 0.2) is 0 Å². The first-order chi connectivity index (χ1) is 16.4. The van der Waals surface area contributed by atoms with Crippen LogP contribution in [0, 0.1) is 6.92 Å². The maximum atomic E-state index is 13.1. The number of halogens is 3. The second-order valence-corrected chi connectivity index (χ2v) is 9.84. The van der Waals surface area contributed by atoms with Crippen molar-refractivity contribution >= 4 is 21.6 Å². The molecule has 1 N–H and O–H groups in total. The molecular formula is C25H25F3N2O4S. The van der Waals surface area contributed by atoms with Gasteiger partial charge in [0, 0.05) is 5.56 Å². The molecule has 0 saturated carbocycles. The zero-order chi connectivity index (χ0) is 25.6. The molecular weight excluding hydrogens is 481 g/mol. The maximum Gasteiger partial charge on any atom is 0.416 e. The Bertz CT molecular complexity index is 1280. The minimum atomic E-state index is -4.60. The molecule has 0 atom stereocenters. The molecule has 0 radical (unpaired) electrons. The summed E-state index contributed by atoms with van der Waals surface area (Å²) in [6.07, 6.45) is -3.67. The van der Waals surface area contributed by atoms with Crippen molar-refractivity contribution in [1.29, 1.82) is 0 Å². The molecule has 0 spiro atoms. The summed E-state index contributed by atoms with van der Waals surface area (Å²) < 4.78 is 70.3. The summed E-state index contributed by atoms with van der Waals surface area (Å²) in [6.45, 7) is 2.33. The van der Waals surface area contributed by atoms with Crippen LogP contribution in [0.4, 0.5) is 18.9 Å². The van der Waals surface area contributed by atoms with Crippen LogP contribution in [0.2, 0.25) is 0 Å². The van der Waals surface area contributed by atoms with Gasteiger partial charge in [-0.3, -0.25) is 9.10 Å². The molecule has 0 heterocycles. The highest BCUT2D eigenvalue weighted by Gasteiger charge is 2.31. The van der Waals surface area contributed by atoms with E-state index in [1.54, 1.807) is 12.1 Å². The van der Waals surface area contributed by atoms with Crippen molar-refractivity contribution in [2.45, 2.75) is 19.6 Å². The topological polar surface area (TPSA) is 75.7 Å². The van der Waals surface area contributed by atoms with E-state index < -0.39 is 21.8 Å². The summed E-state index contributed by atoms with van der Waals surface area (Å²) in [7, 11) is -3.87. The predicted molar refractivity (Wildman–Crippen MR) is 128 cm³/mol. The van der Waals surface area contributed by atoms with Crippen molar-refractivity contribution in [3.63, 3.8) is 0 Å². The van der Waals surface area contributed by atoms with Crippen LogP contribution < -0.4 is 14.4 Å². The highest BCUT2D eigenvalue weighted by Crippen LogP contribution is 2.32. The number of carbonyl (C=O) groups is 1. The molecule has 0 bridgehead atoms. The van der Waals surface area contributed by atoms with Crippen LogP contribution in [-0.2, 0) is 22.7 Å². The Labute approximate surface area is 202 Å². The molecule has 0 aliphatic heterocycles. The van der Waals surface area contributed by atoms with E-state index in [9.17, 15) is 26.4 Å². The molecule has 3 aromatic carbocycles. The predicted octanol–water partition coefficient (Wildman–Crippen LogP) is 4.79. The molecule has 0 unspecified atom stereocenters. The molecule has 0 aliphatic carbocycles. The quantitative estimate of drug-likeness (QED) is 0.424. The fourth-order valence-corrected chi connectivity index (χ4v) is 4.19. The summed E-state index contributed by atoms with van der Waals surface area (Å²) in [4.78, 5) is 12.4. The van der Waals surface area contributed by atoms with E-state index in [-0.39, 0.29) is 31.3 Å². The lowest BCUT2D eigenvalue weighted by Crippen LogP contribution is -2.30. The molecule has 0 saturated heterocycles. The number of sulfonamides is 1. The zero-order valence-electron chi connectivity index (χ0n) is 19.2. The normalized spacial score (nSPS) is 11.7. The van der Waals surface area contributed by atoms with Gasteiger partial charge in [-0.15, -0.1) is 0 Å². The molecule has 0 aliphatic rings. The van der Waals surface area contributed by atoms with Crippen LogP contribution in [0.15, 0.2) is 72.8 Å². The third kappa shape index (κ3) is 7.48. The number of anilines is 1. The lowest BCUT2D eigenvalue weighted by atomic mass is 10.1. The first kappa shape index (κ1) is 26.1. The van der Waals surface area contributed by atoms with Gasteiger partial charge in [0.25, 0.3) is 5.91 Å². The van der Waals surface area contributed by atoms with Gasteiger partial charge in [-0.2, -0.15) is 13.2 Å². The minimum Gasteiger partial charge on any atom is -0.492 e. The smallest absolute Gasteiger partial charge is 0.416 e. The van der Waals surface area contributed by atoms with Gasteiger partial charge in [-0.1, -0.05) is 30.3 Å². The van der Waals surface area contributed by atoms with E-state index in [1.165, 1.54) is 18.2 Å². The molecule has 1 amide bonds. The average molecular weight is 507 g/mol. The Morgan fingerprint density at radius 2 is 1.69 bits per heavy atom. The molecule has 35 heavy (non-hydrogen) atoms. The van der Waals surface area contributed by atoms with Crippen LogP contribution in [-0.4, -0.2) is 33.7 Å². The summed E-state index contributed by atoms with van der Waals surface area (Å²) in [5, 5.41) is 2.74. The fourth-order valence-electron chi connectivity index (χ4n) is 3.31. The first-order valence-corrected chi connectivity index (χ1v) is 12.5. The van der Waals surface area contributed by atoms with Crippen LogP contribution in [0.25, 0.3) is 0 Å². The molecule has 10 heteroatoms. The van der Waals surface area contributed by atoms with E-state index in [2.05, 4.69) is 5.32 Å². The molecule has 3 rings (SSSR count). The molecule has 6 nitrogen and oxygen atoms in total. The van der Waals surface area contributed by atoms with Crippen LogP contribution in [0.1, 0.15) is 27.0 Å². The number of benzene rings is 3. The average Bonchev–Trinajstić information content (AvgIpc) is 2.79. The summed E-state index contributed by atoms with van der Waals surface area (Å²) >= 11 is 0. The van der Waals surface area contributed by atoms with Crippen molar-refractivity contribution in [3.05, 3.63) is 95.1 Å². The number of nitrogens with one attached hydrogen (secondary N) is 1. The first-order valence-electron chi connectivity index (χ1n) is 10.6. The van der Waals surface area contributed by atoms with Gasteiger partial charge in [0.2, 0.25) is 10.0 Å². The second-order valence-electron chi connectivity index (χ2n) is 7.94. The Kier molecular flexibility index (Phi) is 8.06. The summed E-state index contributed by atoms with van der Waals surface area (Å²) in [6, 6.07) is 17.8. The Hall–Kier alpha value is -3.53. The van der Waals surface area contributed by atoms with Gasteiger partial charge in [0.05, 0.1) is 30.6 Å². The third-order valence-electron chi connectivity index (χ3n) is 5.05. The van der Waals surface area contributed by atoms with E-state index in [0.717, 1.165) is 34.3 Å². The largest absolute Gasteiger partial charge is 0.492 e. The van der Waals surface area contributed by atoms with Crippen LogP contribution in [0.3, 0.4) is 0 Å². The number of ether oxygens (including phenoxy) is 1. The number of alkyl halides is 3. The van der Waals surface area contributed by atoms with Crippen molar-refractivity contribution in [2.24, 2.45) is 0 Å². The van der Waals surface area contributed by atoms with E-state index in [1.807, 2.05) is 31.2 Å². The van der Waals surface area contributed by atoms with Crippen molar-refractivity contribution < 1.29 is 31.1 Å². The summed E-state index contributed by atoms with van der Waals surface area (Å²) in [5.74, 6) is 0.377. The molecule has 3 aromatic rings. The number of rotatable bonds is 9.